The highest BCUT2D eigenvalue weighted by Gasteiger charge is 2.10. The molecule has 0 aliphatic rings. The highest BCUT2D eigenvalue weighted by Crippen LogP contribution is 2.32. The van der Waals surface area contributed by atoms with Gasteiger partial charge in [-0.3, -0.25) is 4.79 Å². The molecule has 0 fully saturated rings. The van der Waals surface area contributed by atoms with E-state index in [-0.39, 0.29) is 0 Å². The van der Waals surface area contributed by atoms with E-state index in [1.807, 2.05) is 6.07 Å². The molecule has 0 amide bonds. The van der Waals surface area contributed by atoms with Crippen molar-refractivity contribution in [3.8, 4) is 11.5 Å². The van der Waals surface area contributed by atoms with Crippen LogP contribution in [0, 0.1) is 0 Å². The first-order chi connectivity index (χ1) is 12.2. The summed E-state index contributed by atoms with van der Waals surface area (Å²) >= 11 is 3.53. The fraction of sp³-hybridized carbons (Fsp3) is 0.667. The molecule has 25 heavy (non-hydrogen) atoms. The van der Waals surface area contributed by atoms with Gasteiger partial charge in [-0.25, -0.2) is 0 Å². The molecule has 142 valence electrons. The number of aldehydes is 1. The zero-order valence-corrected chi connectivity index (χ0v) is 17.4. The summed E-state index contributed by atoms with van der Waals surface area (Å²) in [5.74, 6) is 1.35. The summed E-state index contributed by atoms with van der Waals surface area (Å²) in [6.45, 7) is 5.75. The SMILES string of the molecule is CCCCCCCOc1cc(C=O)c(OCCCCCCC)cc1Br. The summed E-state index contributed by atoms with van der Waals surface area (Å²) < 4.78 is 12.5. The second-order valence-electron chi connectivity index (χ2n) is 6.46. The lowest BCUT2D eigenvalue weighted by molar-refractivity contribution is 0.111. The monoisotopic (exact) mass is 412 g/mol. The molecule has 0 heterocycles. The van der Waals surface area contributed by atoms with Gasteiger partial charge in [0.25, 0.3) is 0 Å². The van der Waals surface area contributed by atoms with E-state index in [9.17, 15) is 4.79 Å². The van der Waals surface area contributed by atoms with Gasteiger partial charge in [-0.2, -0.15) is 0 Å². The van der Waals surface area contributed by atoms with Crippen LogP contribution in [0.4, 0.5) is 0 Å². The van der Waals surface area contributed by atoms with Crippen LogP contribution >= 0.6 is 15.9 Å². The van der Waals surface area contributed by atoms with E-state index in [0.717, 1.165) is 23.6 Å². The first-order valence-corrected chi connectivity index (χ1v) is 10.6. The highest BCUT2D eigenvalue weighted by molar-refractivity contribution is 9.10. The number of hydrogen-bond acceptors (Lipinski definition) is 3. The molecule has 3 nitrogen and oxygen atoms in total. The summed E-state index contributed by atoms with van der Waals surface area (Å²) in [7, 11) is 0. The Morgan fingerprint density at radius 3 is 1.84 bits per heavy atom. The molecule has 0 atom stereocenters. The van der Waals surface area contributed by atoms with Gasteiger partial charge in [-0.15, -0.1) is 0 Å². The fourth-order valence-corrected chi connectivity index (χ4v) is 3.09. The number of carbonyl (C=O) groups excluding carboxylic acids is 1. The molecule has 0 unspecified atom stereocenters. The molecule has 0 radical (unpaired) electrons. The summed E-state index contributed by atoms with van der Waals surface area (Å²) in [4.78, 5) is 11.4. The van der Waals surface area contributed by atoms with E-state index >= 15 is 0 Å². The van der Waals surface area contributed by atoms with Crippen molar-refractivity contribution in [3.63, 3.8) is 0 Å². The van der Waals surface area contributed by atoms with Crippen molar-refractivity contribution in [2.75, 3.05) is 13.2 Å². The molecular formula is C21H33BrO3. The predicted molar refractivity (Wildman–Crippen MR) is 108 cm³/mol. The van der Waals surface area contributed by atoms with Gasteiger partial charge in [0, 0.05) is 0 Å². The smallest absolute Gasteiger partial charge is 0.153 e. The average Bonchev–Trinajstić information content (AvgIpc) is 2.62. The van der Waals surface area contributed by atoms with Gasteiger partial charge in [-0.05, 0) is 40.9 Å². The summed E-state index contributed by atoms with van der Waals surface area (Å²) in [5, 5.41) is 0. The van der Waals surface area contributed by atoms with Crippen molar-refractivity contribution in [3.05, 3.63) is 22.2 Å². The van der Waals surface area contributed by atoms with Crippen LogP contribution in [-0.4, -0.2) is 19.5 Å². The number of benzene rings is 1. The van der Waals surface area contributed by atoms with E-state index in [2.05, 4.69) is 29.8 Å². The molecule has 0 saturated carbocycles. The minimum absolute atomic E-state index is 0.553. The lowest BCUT2D eigenvalue weighted by atomic mass is 10.1. The molecule has 0 aliphatic heterocycles. The van der Waals surface area contributed by atoms with Crippen LogP contribution in [0.2, 0.25) is 0 Å². The van der Waals surface area contributed by atoms with Crippen LogP contribution in [-0.2, 0) is 0 Å². The molecule has 0 N–H and O–H groups in total. The Bertz CT molecular complexity index is 488. The van der Waals surface area contributed by atoms with E-state index in [4.69, 9.17) is 9.47 Å². The maximum Gasteiger partial charge on any atom is 0.153 e. The summed E-state index contributed by atoms with van der Waals surface area (Å²) in [6, 6.07) is 3.62. The normalized spacial score (nSPS) is 10.7. The number of rotatable bonds is 15. The van der Waals surface area contributed by atoms with Crippen molar-refractivity contribution in [2.45, 2.75) is 78.1 Å². The number of halogens is 1. The summed E-state index contributed by atoms with van der Waals surface area (Å²) in [5.41, 5.74) is 0.553. The Balaban J connectivity index is 2.45. The molecule has 4 heteroatoms. The zero-order valence-electron chi connectivity index (χ0n) is 15.8. The third-order valence-electron chi connectivity index (χ3n) is 4.20. The zero-order chi connectivity index (χ0) is 18.3. The van der Waals surface area contributed by atoms with Gasteiger partial charge in [0.1, 0.15) is 11.5 Å². The maximum absolute atomic E-state index is 11.4. The van der Waals surface area contributed by atoms with E-state index in [0.29, 0.717) is 30.3 Å². The molecular weight excluding hydrogens is 380 g/mol. The molecule has 1 aromatic carbocycles. The van der Waals surface area contributed by atoms with Crippen molar-refractivity contribution >= 4 is 22.2 Å². The third kappa shape index (κ3) is 9.29. The molecule has 0 spiro atoms. The Morgan fingerprint density at radius 1 is 0.800 bits per heavy atom. The van der Waals surface area contributed by atoms with Crippen molar-refractivity contribution in [1.82, 2.24) is 0 Å². The number of carbonyl (C=O) groups is 1. The van der Waals surface area contributed by atoms with Gasteiger partial charge in [0.2, 0.25) is 0 Å². The molecule has 0 bridgehead atoms. The number of ether oxygens (including phenoxy) is 2. The lowest BCUT2D eigenvalue weighted by Crippen LogP contribution is -2.03. The number of hydrogen-bond donors (Lipinski definition) is 0. The Labute approximate surface area is 161 Å². The van der Waals surface area contributed by atoms with E-state index in [1.54, 1.807) is 6.07 Å². The Morgan fingerprint density at radius 2 is 1.32 bits per heavy atom. The van der Waals surface area contributed by atoms with Crippen LogP contribution in [0.15, 0.2) is 16.6 Å². The summed E-state index contributed by atoms with van der Waals surface area (Å²) in [6.07, 6.45) is 12.8. The second kappa shape index (κ2) is 14.2. The van der Waals surface area contributed by atoms with Crippen molar-refractivity contribution in [2.24, 2.45) is 0 Å². The third-order valence-corrected chi connectivity index (χ3v) is 4.82. The number of unbranched alkanes of at least 4 members (excludes halogenated alkanes) is 8. The quantitative estimate of drug-likeness (QED) is 0.230. The predicted octanol–water partition coefficient (Wildman–Crippen LogP) is 6.96. The van der Waals surface area contributed by atoms with Gasteiger partial charge in [0.05, 0.1) is 23.2 Å². The van der Waals surface area contributed by atoms with Gasteiger partial charge in [0.15, 0.2) is 6.29 Å². The van der Waals surface area contributed by atoms with Crippen LogP contribution in [0.1, 0.15) is 88.4 Å². The van der Waals surface area contributed by atoms with Crippen molar-refractivity contribution < 1.29 is 14.3 Å². The molecule has 0 aromatic heterocycles. The van der Waals surface area contributed by atoms with Crippen LogP contribution in [0.3, 0.4) is 0 Å². The molecule has 1 aromatic rings. The minimum Gasteiger partial charge on any atom is -0.493 e. The standard InChI is InChI=1S/C21H33BrO3/c1-3-5-7-9-11-13-24-20-16-19(22)21(15-18(20)17-23)25-14-12-10-8-6-4-2/h15-17H,3-14H2,1-2H3. The fourth-order valence-electron chi connectivity index (χ4n) is 2.65. The first-order valence-electron chi connectivity index (χ1n) is 9.77. The molecule has 1 rings (SSSR count). The minimum atomic E-state index is 0.553. The largest absolute Gasteiger partial charge is 0.493 e. The second-order valence-corrected chi connectivity index (χ2v) is 7.32. The lowest BCUT2D eigenvalue weighted by Gasteiger charge is -2.13. The van der Waals surface area contributed by atoms with Crippen molar-refractivity contribution in [1.29, 1.82) is 0 Å². The Hall–Kier alpha value is -1.03. The first kappa shape index (κ1) is 22.0. The van der Waals surface area contributed by atoms with Crippen LogP contribution in [0.25, 0.3) is 0 Å². The molecule has 0 saturated heterocycles. The average molecular weight is 413 g/mol. The maximum atomic E-state index is 11.4. The highest BCUT2D eigenvalue weighted by atomic mass is 79.9. The van der Waals surface area contributed by atoms with Gasteiger partial charge >= 0.3 is 0 Å². The van der Waals surface area contributed by atoms with Gasteiger partial charge in [-0.1, -0.05) is 65.2 Å². The van der Waals surface area contributed by atoms with E-state index < -0.39 is 0 Å². The van der Waals surface area contributed by atoms with Crippen LogP contribution in [0.5, 0.6) is 11.5 Å². The molecule has 0 aliphatic carbocycles. The Kier molecular flexibility index (Phi) is 12.5. The van der Waals surface area contributed by atoms with Gasteiger partial charge < -0.3 is 9.47 Å². The van der Waals surface area contributed by atoms with Crippen LogP contribution < -0.4 is 9.47 Å². The van der Waals surface area contributed by atoms with E-state index in [1.165, 1.54) is 51.4 Å². The topological polar surface area (TPSA) is 35.5 Å².